The molecule has 0 aliphatic rings. The van der Waals surface area contributed by atoms with Crippen molar-refractivity contribution in [2.75, 3.05) is 24.5 Å². The minimum absolute atomic E-state index is 0.307. The summed E-state index contributed by atoms with van der Waals surface area (Å²) in [6.07, 6.45) is 2.95. The Kier molecular flexibility index (Phi) is 7.77. The molecular formula is C26H26F2N6O. The number of anilines is 1. The lowest BCUT2D eigenvalue weighted by Gasteiger charge is -2.24. The maximum absolute atomic E-state index is 13.5. The van der Waals surface area contributed by atoms with E-state index in [-0.39, 0.29) is 11.6 Å². The van der Waals surface area contributed by atoms with E-state index in [0.29, 0.717) is 38.3 Å². The number of nitrogens with one attached hydrogen (secondary N) is 1. The second-order valence-corrected chi connectivity index (χ2v) is 8.08. The Morgan fingerprint density at radius 1 is 0.943 bits per heavy atom. The van der Waals surface area contributed by atoms with Crippen LogP contribution < -0.4 is 10.2 Å². The Bertz CT molecular complexity index is 1260. The summed E-state index contributed by atoms with van der Waals surface area (Å²) in [5.74, 6) is 0.172. The third-order valence-electron chi connectivity index (χ3n) is 5.58. The minimum Gasteiger partial charge on any atom is -0.357 e. The van der Waals surface area contributed by atoms with Crippen LogP contribution >= 0.6 is 0 Å². The highest BCUT2D eigenvalue weighted by molar-refractivity contribution is 5.68. The second-order valence-electron chi connectivity index (χ2n) is 8.08. The van der Waals surface area contributed by atoms with Crippen LogP contribution in [0.3, 0.4) is 0 Å². The highest BCUT2D eigenvalue weighted by Gasteiger charge is 2.14. The summed E-state index contributed by atoms with van der Waals surface area (Å²) in [6.45, 7) is 4.26. The van der Waals surface area contributed by atoms with E-state index in [1.54, 1.807) is 24.3 Å². The number of aryl methyl sites for hydroxylation is 2. The summed E-state index contributed by atoms with van der Waals surface area (Å²) in [5.41, 5.74) is 4.05. The number of hydrogen-bond acceptors (Lipinski definition) is 5. The topological polar surface area (TPSA) is 75.9 Å². The quantitative estimate of drug-likeness (QED) is 0.259. The zero-order chi connectivity index (χ0) is 24.6. The van der Waals surface area contributed by atoms with Gasteiger partial charge in [0.15, 0.2) is 0 Å². The molecule has 0 bridgehead atoms. The third-order valence-corrected chi connectivity index (χ3v) is 5.58. The first-order valence-corrected chi connectivity index (χ1v) is 11.3. The van der Waals surface area contributed by atoms with E-state index in [1.165, 1.54) is 30.6 Å². The predicted octanol–water partition coefficient (Wildman–Crippen LogP) is 4.24. The van der Waals surface area contributed by atoms with Crippen LogP contribution in [-0.2, 0) is 11.3 Å². The lowest BCUT2D eigenvalue weighted by Crippen LogP contribution is -2.33. The molecule has 2 aromatic carbocycles. The number of amides is 1. The maximum atomic E-state index is 13.5. The largest absolute Gasteiger partial charge is 0.357 e. The van der Waals surface area contributed by atoms with Gasteiger partial charge in [0, 0.05) is 49.1 Å². The molecule has 0 saturated heterocycles. The third kappa shape index (κ3) is 6.26. The van der Waals surface area contributed by atoms with Crippen LogP contribution in [0.1, 0.15) is 12.1 Å². The normalized spacial score (nSPS) is 10.8. The molecule has 4 rings (SSSR count). The molecule has 2 aromatic heterocycles. The molecule has 1 amide bonds. The number of nitrogens with zero attached hydrogens (tertiary/aromatic N) is 5. The molecule has 0 aliphatic carbocycles. The Morgan fingerprint density at radius 2 is 1.63 bits per heavy atom. The van der Waals surface area contributed by atoms with Gasteiger partial charge >= 0.3 is 0 Å². The molecule has 0 unspecified atom stereocenters. The summed E-state index contributed by atoms with van der Waals surface area (Å²) in [7, 11) is 0. The van der Waals surface area contributed by atoms with Crippen LogP contribution in [0.2, 0.25) is 0 Å². The smallest absolute Gasteiger partial charge is 0.207 e. The Morgan fingerprint density at radius 3 is 2.29 bits per heavy atom. The zero-order valence-electron chi connectivity index (χ0n) is 19.4. The monoisotopic (exact) mass is 476 g/mol. The van der Waals surface area contributed by atoms with Gasteiger partial charge in [-0.2, -0.15) is 5.10 Å². The van der Waals surface area contributed by atoms with E-state index >= 15 is 0 Å². The summed E-state index contributed by atoms with van der Waals surface area (Å²) < 4.78 is 28.8. The van der Waals surface area contributed by atoms with Crippen molar-refractivity contribution < 1.29 is 13.6 Å². The molecule has 2 heterocycles. The van der Waals surface area contributed by atoms with Crippen LogP contribution in [0.5, 0.6) is 0 Å². The maximum Gasteiger partial charge on any atom is 0.207 e. The van der Waals surface area contributed by atoms with Crippen molar-refractivity contribution in [1.29, 1.82) is 0 Å². The number of carbonyl (C=O) groups is 1. The summed E-state index contributed by atoms with van der Waals surface area (Å²) >= 11 is 0. The molecule has 0 atom stereocenters. The van der Waals surface area contributed by atoms with Gasteiger partial charge in [-0.25, -0.2) is 18.7 Å². The van der Waals surface area contributed by atoms with E-state index in [1.807, 2.05) is 23.7 Å². The summed E-state index contributed by atoms with van der Waals surface area (Å²) in [5, 5.41) is 7.46. The van der Waals surface area contributed by atoms with E-state index in [2.05, 4.69) is 20.2 Å². The van der Waals surface area contributed by atoms with Crippen LogP contribution in [0.25, 0.3) is 22.5 Å². The average molecular weight is 477 g/mol. The van der Waals surface area contributed by atoms with Crippen LogP contribution in [0.4, 0.5) is 14.6 Å². The Balaban J connectivity index is 1.56. The standard InChI is InChI=1S/C26H26F2N6O/c1-19-15-26(31-17-30-19)33(14-11-29-18-35)12-2-13-34-25(21-5-9-23(28)10-6-21)16-24(32-34)20-3-7-22(27)8-4-20/h3-10,15-18H,2,11-14H2,1H3,(H,29,35). The van der Waals surface area contributed by atoms with Crippen molar-refractivity contribution in [3.8, 4) is 22.5 Å². The Hall–Kier alpha value is -4.14. The fourth-order valence-electron chi connectivity index (χ4n) is 3.83. The van der Waals surface area contributed by atoms with E-state index < -0.39 is 0 Å². The van der Waals surface area contributed by atoms with Crippen LogP contribution in [-0.4, -0.2) is 45.8 Å². The highest BCUT2D eigenvalue weighted by Crippen LogP contribution is 2.27. The van der Waals surface area contributed by atoms with Crippen LogP contribution in [0, 0.1) is 18.6 Å². The van der Waals surface area contributed by atoms with Gasteiger partial charge in [0.1, 0.15) is 23.8 Å². The first kappa shape index (κ1) is 24.0. The summed E-state index contributed by atoms with van der Waals surface area (Å²) in [4.78, 5) is 21.3. The molecule has 35 heavy (non-hydrogen) atoms. The van der Waals surface area contributed by atoms with E-state index in [4.69, 9.17) is 5.10 Å². The van der Waals surface area contributed by atoms with Crippen molar-refractivity contribution in [2.45, 2.75) is 19.9 Å². The molecule has 4 aromatic rings. The fourth-order valence-corrected chi connectivity index (χ4v) is 3.83. The minimum atomic E-state index is -0.309. The van der Waals surface area contributed by atoms with Gasteiger partial charge in [0.2, 0.25) is 6.41 Å². The number of benzene rings is 2. The average Bonchev–Trinajstić information content (AvgIpc) is 3.28. The molecule has 180 valence electrons. The second kappa shape index (κ2) is 11.3. The highest BCUT2D eigenvalue weighted by atomic mass is 19.1. The lowest BCUT2D eigenvalue weighted by atomic mass is 10.1. The molecule has 0 aliphatic heterocycles. The van der Waals surface area contributed by atoms with Gasteiger partial charge in [-0.3, -0.25) is 9.48 Å². The number of carbonyl (C=O) groups excluding carboxylic acids is 1. The fraction of sp³-hybridized carbons (Fsp3) is 0.231. The van der Waals surface area contributed by atoms with Gasteiger partial charge < -0.3 is 10.2 Å². The number of rotatable bonds is 11. The molecular weight excluding hydrogens is 450 g/mol. The first-order valence-electron chi connectivity index (χ1n) is 11.3. The van der Waals surface area contributed by atoms with Crippen molar-refractivity contribution in [1.82, 2.24) is 25.1 Å². The zero-order valence-corrected chi connectivity index (χ0v) is 19.4. The molecule has 7 nitrogen and oxygen atoms in total. The molecule has 0 radical (unpaired) electrons. The molecule has 9 heteroatoms. The summed E-state index contributed by atoms with van der Waals surface area (Å²) in [6, 6.07) is 16.3. The molecule has 0 spiro atoms. The van der Waals surface area contributed by atoms with E-state index in [0.717, 1.165) is 34.8 Å². The van der Waals surface area contributed by atoms with Crippen molar-refractivity contribution in [3.05, 3.63) is 84.3 Å². The number of hydrogen-bond donors (Lipinski definition) is 1. The Labute approximate surface area is 202 Å². The molecule has 0 saturated carbocycles. The van der Waals surface area contributed by atoms with Crippen molar-refractivity contribution in [3.63, 3.8) is 0 Å². The first-order chi connectivity index (χ1) is 17.0. The van der Waals surface area contributed by atoms with E-state index in [9.17, 15) is 13.6 Å². The predicted molar refractivity (Wildman–Crippen MR) is 131 cm³/mol. The van der Waals surface area contributed by atoms with Crippen molar-refractivity contribution >= 4 is 12.2 Å². The SMILES string of the molecule is Cc1cc(N(CCCn2nc(-c3ccc(F)cc3)cc2-c2ccc(F)cc2)CCNC=O)ncn1. The van der Waals surface area contributed by atoms with Crippen LogP contribution in [0.15, 0.2) is 67.0 Å². The van der Waals surface area contributed by atoms with Gasteiger partial charge in [-0.05, 0) is 67.9 Å². The molecule has 0 fully saturated rings. The van der Waals surface area contributed by atoms with Gasteiger partial charge in [-0.15, -0.1) is 0 Å². The van der Waals surface area contributed by atoms with Crippen molar-refractivity contribution in [2.24, 2.45) is 0 Å². The van der Waals surface area contributed by atoms with Gasteiger partial charge in [0.05, 0.1) is 11.4 Å². The number of aromatic nitrogens is 4. The lowest BCUT2D eigenvalue weighted by molar-refractivity contribution is -0.109. The van der Waals surface area contributed by atoms with Gasteiger partial charge in [-0.1, -0.05) is 0 Å². The number of halogens is 2. The van der Waals surface area contributed by atoms with Gasteiger partial charge in [0.25, 0.3) is 0 Å². The molecule has 1 N–H and O–H groups in total.